The molecule has 0 aliphatic carbocycles. The van der Waals surface area contributed by atoms with Crippen molar-refractivity contribution in [2.45, 2.75) is 0 Å². The summed E-state index contributed by atoms with van der Waals surface area (Å²) in [5, 5.41) is 4.84. The zero-order valence-corrected chi connectivity index (χ0v) is 31.0. The van der Waals surface area contributed by atoms with Crippen molar-refractivity contribution in [3.05, 3.63) is 212 Å². The highest BCUT2D eigenvalue weighted by molar-refractivity contribution is 6.14. The molecule has 11 rings (SSSR count). The van der Waals surface area contributed by atoms with Gasteiger partial charge >= 0.3 is 0 Å². The minimum absolute atomic E-state index is 0.590. The van der Waals surface area contributed by atoms with Crippen LogP contribution in [-0.4, -0.2) is 9.55 Å². The predicted molar refractivity (Wildman–Crippen MR) is 237 cm³/mol. The molecule has 9 aromatic carbocycles. The second kappa shape index (κ2) is 13.6. The van der Waals surface area contributed by atoms with E-state index >= 15 is 0 Å². The fourth-order valence-electron chi connectivity index (χ4n) is 8.26. The van der Waals surface area contributed by atoms with E-state index in [-0.39, 0.29) is 0 Å². The summed E-state index contributed by atoms with van der Waals surface area (Å²) in [7, 11) is 0. The fourth-order valence-corrected chi connectivity index (χ4v) is 8.26. The number of fused-ring (bicyclic) bond motifs is 5. The summed E-state index contributed by atoms with van der Waals surface area (Å²) in [5.74, 6) is 0.590. The molecule has 0 saturated heterocycles. The molecule has 0 spiro atoms. The molecule has 268 valence electrons. The van der Waals surface area contributed by atoms with Crippen molar-refractivity contribution in [3.8, 4) is 39.4 Å². The lowest BCUT2D eigenvalue weighted by Gasteiger charge is -2.27. The zero-order valence-electron chi connectivity index (χ0n) is 31.0. The van der Waals surface area contributed by atoms with Crippen LogP contribution in [0.4, 0.5) is 17.1 Å². The molecule has 0 unspecified atom stereocenters. The van der Waals surface area contributed by atoms with Gasteiger partial charge in [-0.1, -0.05) is 133 Å². The quantitative estimate of drug-likeness (QED) is 0.164. The Morgan fingerprint density at radius 1 is 0.404 bits per heavy atom. The molecule has 57 heavy (non-hydrogen) atoms. The first kappa shape index (κ1) is 32.7. The normalized spacial score (nSPS) is 11.5. The van der Waals surface area contributed by atoms with Crippen LogP contribution in [0.1, 0.15) is 0 Å². The highest BCUT2D eigenvalue weighted by Crippen LogP contribution is 2.45. The first-order valence-electron chi connectivity index (χ1n) is 19.3. The van der Waals surface area contributed by atoms with Crippen LogP contribution in [-0.2, 0) is 0 Å². The van der Waals surface area contributed by atoms with E-state index < -0.39 is 0 Å². The van der Waals surface area contributed by atoms with Crippen LogP contribution in [0.2, 0.25) is 0 Å². The molecule has 11 aromatic rings. The van der Waals surface area contributed by atoms with E-state index in [0.29, 0.717) is 5.89 Å². The Morgan fingerprint density at radius 3 is 1.65 bits per heavy atom. The van der Waals surface area contributed by atoms with E-state index in [0.717, 1.165) is 67.2 Å². The maximum Gasteiger partial charge on any atom is 0.227 e. The smallest absolute Gasteiger partial charge is 0.227 e. The Bertz CT molecular complexity index is 3170. The van der Waals surface area contributed by atoms with Crippen molar-refractivity contribution >= 4 is 60.7 Å². The molecule has 0 saturated carbocycles. The molecule has 4 heteroatoms. The van der Waals surface area contributed by atoms with Crippen LogP contribution in [0, 0.1) is 0 Å². The average molecular weight is 730 g/mol. The number of anilines is 3. The minimum atomic E-state index is 0.590. The molecule has 0 radical (unpaired) electrons. The second-order valence-corrected chi connectivity index (χ2v) is 14.4. The largest absolute Gasteiger partial charge is 0.434 e. The van der Waals surface area contributed by atoms with E-state index in [1.54, 1.807) is 0 Å². The van der Waals surface area contributed by atoms with Crippen molar-refractivity contribution in [1.82, 2.24) is 9.55 Å². The molecule has 0 bridgehead atoms. The van der Waals surface area contributed by atoms with Gasteiger partial charge in [0.05, 0.1) is 16.7 Å². The van der Waals surface area contributed by atoms with Gasteiger partial charge in [-0.2, -0.15) is 0 Å². The molecule has 2 aromatic heterocycles. The van der Waals surface area contributed by atoms with Crippen LogP contribution in [0.3, 0.4) is 0 Å². The number of benzene rings is 9. The number of aromatic nitrogens is 2. The first-order chi connectivity index (χ1) is 28.2. The second-order valence-electron chi connectivity index (χ2n) is 14.4. The molecule has 0 atom stereocenters. The van der Waals surface area contributed by atoms with E-state index in [1.165, 1.54) is 27.1 Å². The van der Waals surface area contributed by atoms with Crippen LogP contribution in [0.5, 0.6) is 0 Å². The summed E-state index contributed by atoms with van der Waals surface area (Å²) in [5.41, 5.74) is 13.3. The summed E-state index contributed by atoms with van der Waals surface area (Å²) in [6.45, 7) is 0. The molecule has 0 aliphatic rings. The number of para-hydroxylation sites is 2. The van der Waals surface area contributed by atoms with Gasteiger partial charge < -0.3 is 13.9 Å². The van der Waals surface area contributed by atoms with Gasteiger partial charge in [-0.3, -0.25) is 0 Å². The van der Waals surface area contributed by atoms with Gasteiger partial charge in [-0.15, -0.1) is 0 Å². The Morgan fingerprint density at radius 2 is 0.982 bits per heavy atom. The van der Waals surface area contributed by atoms with Crippen molar-refractivity contribution < 1.29 is 4.42 Å². The van der Waals surface area contributed by atoms with Crippen molar-refractivity contribution in [1.29, 1.82) is 0 Å². The van der Waals surface area contributed by atoms with Crippen LogP contribution < -0.4 is 4.90 Å². The number of hydrogen-bond donors (Lipinski definition) is 0. The molecular formula is C53H35N3O. The van der Waals surface area contributed by atoms with E-state index in [9.17, 15) is 0 Å². The molecule has 2 heterocycles. The third-order valence-electron chi connectivity index (χ3n) is 10.9. The SMILES string of the molecule is c1ccc(-c2cc(-c3ccccc3)cc(N(c3ccc4c5cc6ccccc6cc5n(-c5ccccc5)c4c3)c3cccc4nc(-c5ccccc5)oc34)c2)cc1. The van der Waals surface area contributed by atoms with Gasteiger partial charge in [-0.05, 0) is 112 Å². The maximum atomic E-state index is 6.75. The minimum Gasteiger partial charge on any atom is -0.434 e. The topological polar surface area (TPSA) is 34.2 Å². The lowest BCUT2D eigenvalue weighted by atomic mass is 9.97. The standard InChI is InChI=1S/C53H35N3O/c1-5-16-36(17-6-1)41-30-42(37-18-7-2-8-19-37)32-45(31-41)55(49-27-15-26-48-52(49)57-53(54-48)38-20-9-3-10-21-38)44-28-29-46-47-33-39-22-13-14-23-40(39)34-50(47)56(51(46)35-44)43-24-11-4-12-25-43/h1-35H. The third-order valence-corrected chi connectivity index (χ3v) is 10.9. The Labute approximate surface area is 330 Å². The number of hydrogen-bond acceptors (Lipinski definition) is 3. The molecule has 4 nitrogen and oxygen atoms in total. The van der Waals surface area contributed by atoms with Crippen LogP contribution in [0.25, 0.3) is 83.1 Å². The lowest BCUT2D eigenvalue weighted by Crippen LogP contribution is -2.11. The summed E-state index contributed by atoms with van der Waals surface area (Å²) >= 11 is 0. The summed E-state index contributed by atoms with van der Waals surface area (Å²) < 4.78 is 9.15. The molecule has 0 aliphatic heterocycles. The molecule has 0 fully saturated rings. The van der Waals surface area contributed by atoms with Gasteiger partial charge in [0.25, 0.3) is 0 Å². The first-order valence-corrected chi connectivity index (χ1v) is 19.3. The van der Waals surface area contributed by atoms with Crippen molar-refractivity contribution in [2.24, 2.45) is 0 Å². The Hall–Kier alpha value is -7.69. The molecule has 0 N–H and O–H groups in total. The van der Waals surface area contributed by atoms with Gasteiger partial charge in [-0.25, -0.2) is 4.98 Å². The molecule has 0 amide bonds. The summed E-state index contributed by atoms with van der Waals surface area (Å²) in [4.78, 5) is 7.34. The predicted octanol–water partition coefficient (Wildman–Crippen LogP) is 14.5. The zero-order chi connectivity index (χ0) is 37.7. The van der Waals surface area contributed by atoms with Gasteiger partial charge in [0, 0.05) is 33.4 Å². The maximum absolute atomic E-state index is 6.75. The Kier molecular flexibility index (Phi) is 7.78. The third kappa shape index (κ3) is 5.74. The highest BCUT2D eigenvalue weighted by Gasteiger charge is 2.23. The van der Waals surface area contributed by atoms with Crippen molar-refractivity contribution in [3.63, 3.8) is 0 Å². The lowest BCUT2D eigenvalue weighted by molar-refractivity contribution is 0.620. The van der Waals surface area contributed by atoms with Crippen molar-refractivity contribution in [2.75, 3.05) is 4.90 Å². The summed E-state index contributed by atoms with van der Waals surface area (Å²) in [6, 6.07) is 75.3. The van der Waals surface area contributed by atoms with E-state index in [2.05, 4.69) is 185 Å². The highest BCUT2D eigenvalue weighted by atomic mass is 16.3. The Balaban J connectivity index is 1.22. The number of oxazole rings is 1. The average Bonchev–Trinajstić information content (AvgIpc) is 3.86. The van der Waals surface area contributed by atoms with Crippen LogP contribution >= 0.6 is 0 Å². The van der Waals surface area contributed by atoms with Crippen LogP contribution in [0.15, 0.2) is 217 Å². The van der Waals surface area contributed by atoms with E-state index in [4.69, 9.17) is 9.40 Å². The number of rotatable bonds is 7. The summed E-state index contributed by atoms with van der Waals surface area (Å²) in [6.07, 6.45) is 0. The monoisotopic (exact) mass is 729 g/mol. The van der Waals surface area contributed by atoms with Gasteiger partial charge in [0.1, 0.15) is 5.52 Å². The van der Waals surface area contributed by atoms with Gasteiger partial charge in [0.15, 0.2) is 5.58 Å². The number of nitrogens with zero attached hydrogens (tertiary/aromatic N) is 3. The fraction of sp³-hybridized carbons (Fsp3) is 0. The van der Waals surface area contributed by atoms with Gasteiger partial charge in [0.2, 0.25) is 5.89 Å². The van der Waals surface area contributed by atoms with E-state index in [1.807, 2.05) is 36.4 Å². The molecular weight excluding hydrogens is 695 g/mol.